The van der Waals surface area contributed by atoms with Gasteiger partial charge in [0.1, 0.15) is 0 Å². The molecule has 1 saturated carbocycles. The van der Waals surface area contributed by atoms with Crippen LogP contribution in [0.5, 0.6) is 0 Å². The number of hydrogen-bond donors (Lipinski definition) is 1. The van der Waals surface area contributed by atoms with Gasteiger partial charge in [-0.1, -0.05) is 12.8 Å². The van der Waals surface area contributed by atoms with Crippen molar-refractivity contribution in [3.05, 3.63) is 0 Å². The summed E-state index contributed by atoms with van der Waals surface area (Å²) in [4.78, 5) is 2.59. The van der Waals surface area contributed by atoms with Crippen molar-refractivity contribution in [2.75, 3.05) is 32.8 Å². The lowest BCUT2D eigenvalue weighted by Crippen LogP contribution is -2.60. The summed E-state index contributed by atoms with van der Waals surface area (Å²) >= 11 is 0. The maximum absolute atomic E-state index is 13.0. The molecule has 0 spiro atoms. The van der Waals surface area contributed by atoms with Gasteiger partial charge >= 0.3 is 6.18 Å². The fourth-order valence-electron chi connectivity index (χ4n) is 4.73. The van der Waals surface area contributed by atoms with E-state index in [9.17, 15) is 13.2 Å². The highest BCUT2D eigenvalue weighted by Crippen LogP contribution is 2.38. The van der Waals surface area contributed by atoms with Crippen LogP contribution >= 0.6 is 0 Å². The zero-order chi connectivity index (χ0) is 17.0. The molecule has 0 unspecified atom stereocenters. The van der Waals surface area contributed by atoms with Crippen LogP contribution in [0.2, 0.25) is 0 Å². The summed E-state index contributed by atoms with van der Waals surface area (Å²) in [5.41, 5.74) is 0.0871. The Kier molecular flexibility index (Phi) is 6.09. The van der Waals surface area contributed by atoms with Crippen LogP contribution in [0.1, 0.15) is 57.8 Å². The summed E-state index contributed by atoms with van der Waals surface area (Å²) in [6.45, 7) is 4.60. The Morgan fingerprint density at radius 3 is 2.38 bits per heavy atom. The van der Waals surface area contributed by atoms with Gasteiger partial charge in [0.25, 0.3) is 0 Å². The lowest BCUT2D eigenvalue weighted by Gasteiger charge is -2.49. The molecule has 3 fully saturated rings. The summed E-state index contributed by atoms with van der Waals surface area (Å²) in [6, 6.07) is 0.00915. The first-order valence-corrected chi connectivity index (χ1v) is 9.62. The molecule has 2 heterocycles. The van der Waals surface area contributed by atoms with Crippen LogP contribution in [0.15, 0.2) is 0 Å². The fraction of sp³-hybridized carbons (Fsp3) is 1.00. The van der Waals surface area contributed by atoms with E-state index in [0.717, 1.165) is 52.1 Å². The molecule has 2 saturated heterocycles. The molecule has 0 radical (unpaired) electrons. The average molecular weight is 348 g/mol. The third-order valence-corrected chi connectivity index (χ3v) is 6.31. The summed E-state index contributed by atoms with van der Waals surface area (Å²) in [5.74, 6) is -1.12. The number of rotatable bonds is 4. The van der Waals surface area contributed by atoms with Crippen molar-refractivity contribution >= 4 is 0 Å². The van der Waals surface area contributed by atoms with Crippen LogP contribution in [0.25, 0.3) is 0 Å². The molecular weight excluding hydrogens is 317 g/mol. The van der Waals surface area contributed by atoms with Gasteiger partial charge in [-0.2, -0.15) is 13.2 Å². The monoisotopic (exact) mass is 348 g/mol. The van der Waals surface area contributed by atoms with Gasteiger partial charge in [0, 0.05) is 31.3 Å². The lowest BCUT2D eigenvalue weighted by molar-refractivity contribution is -0.183. The first kappa shape index (κ1) is 18.5. The molecule has 0 aromatic heterocycles. The number of nitrogens with one attached hydrogen (secondary N) is 1. The smallest absolute Gasteiger partial charge is 0.381 e. The van der Waals surface area contributed by atoms with Gasteiger partial charge in [-0.3, -0.25) is 4.90 Å². The van der Waals surface area contributed by atoms with E-state index in [4.69, 9.17) is 4.74 Å². The highest BCUT2D eigenvalue weighted by Gasteiger charge is 2.43. The van der Waals surface area contributed by atoms with Gasteiger partial charge in [0.05, 0.1) is 5.92 Å². The van der Waals surface area contributed by atoms with E-state index in [2.05, 4.69) is 10.2 Å². The lowest BCUT2D eigenvalue weighted by atomic mass is 9.83. The molecule has 3 rings (SSSR count). The summed E-state index contributed by atoms with van der Waals surface area (Å²) in [6.07, 6.45) is 3.83. The van der Waals surface area contributed by atoms with Gasteiger partial charge < -0.3 is 10.1 Å². The molecule has 0 aromatic carbocycles. The Bertz CT molecular complexity index is 390. The molecule has 1 N–H and O–H groups in total. The second-order valence-corrected chi connectivity index (χ2v) is 7.87. The number of ether oxygens (including phenoxy) is 1. The topological polar surface area (TPSA) is 24.5 Å². The predicted molar refractivity (Wildman–Crippen MR) is 88.0 cm³/mol. The van der Waals surface area contributed by atoms with Crippen LogP contribution in [-0.2, 0) is 4.74 Å². The minimum Gasteiger partial charge on any atom is -0.381 e. The predicted octanol–water partition coefficient (Wildman–Crippen LogP) is 3.73. The number of halogens is 3. The van der Waals surface area contributed by atoms with Crippen LogP contribution in [-0.4, -0.2) is 55.5 Å². The van der Waals surface area contributed by atoms with E-state index >= 15 is 0 Å². The first-order valence-electron chi connectivity index (χ1n) is 9.62. The molecule has 6 heteroatoms. The normalized spacial score (nSPS) is 32.6. The Hall–Kier alpha value is -0.330. The van der Waals surface area contributed by atoms with Crippen molar-refractivity contribution in [2.24, 2.45) is 5.92 Å². The SMILES string of the molecule is FC(F)(F)[C@H]1CCC[C@@H](NCC2(N3CCCCC3)CCOCC2)C1. The fourth-order valence-corrected chi connectivity index (χ4v) is 4.73. The van der Waals surface area contributed by atoms with E-state index in [1.807, 2.05) is 0 Å². The molecule has 24 heavy (non-hydrogen) atoms. The van der Waals surface area contributed by atoms with Crippen molar-refractivity contribution in [3.8, 4) is 0 Å². The minimum atomic E-state index is -4.04. The number of likely N-dealkylation sites (tertiary alicyclic amines) is 1. The van der Waals surface area contributed by atoms with Gasteiger partial charge in [-0.15, -0.1) is 0 Å². The minimum absolute atomic E-state index is 0.00915. The summed E-state index contributed by atoms with van der Waals surface area (Å²) in [7, 11) is 0. The van der Waals surface area contributed by atoms with E-state index in [-0.39, 0.29) is 18.0 Å². The van der Waals surface area contributed by atoms with E-state index in [1.165, 1.54) is 19.3 Å². The number of piperidine rings is 1. The molecule has 140 valence electrons. The third-order valence-electron chi connectivity index (χ3n) is 6.31. The highest BCUT2D eigenvalue weighted by atomic mass is 19.4. The molecule has 2 aliphatic heterocycles. The van der Waals surface area contributed by atoms with Crippen molar-refractivity contribution in [2.45, 2.75) is 75.5 Å². The van der Waals surface area contributed by atoms with Crippen LogP contribution in [0.4, 0.5) is 13.2 Å². The molecule has 0 bridgehead atoms. The van der Waals surface area contributed by atoms with Crippen molar-refractivity contribution < 1.29 is 17.9 Å². The largest absolute Gasteiger partial charge is 0.391 e. The van der Waals surface area contributed by atoms with E-state index in [1.54, 1.807) is 0 Å². The van der Waals surface area contributed by atoms with Gasteiger partial charge in [0.2, 0.25) is 0 Å². The standard InChI is InChI=1S/C18H31F3N2O/c19-18(20,21)15-5-4-6-16(13-15)22-14-17(7-11-24-12-8-17)23-9-2-1-3-10-23/h15-16,22H,1-14H2/t15-,16+/m0/s1. The molecular formula is C18H31F3N2O. The quantitative estimate of drug-likeness (QED) is 0.838. The second kappa shape index (κ2) is 7.92. The Balaban J connectivity index is 1.59. The van der Waals surface area contributed by atoms with E-state index in [0.29, 0.717) is 12.8 Å². The van der Waals surface area contributed by atoms with Crippen LogP contribution < -0.4 is 5.32 Å². The Morgan fingerprint density at radius 1 is 1.00 bits per heavy atom. The van der Waals surface area contributed by atoms with Gasteiger partial charge in [-0.05, 0) is 58.0 Å². The van der Waals surface area contributed by atoms with Crippen LogP contribution in [0, 0.1) is 5.92 Å². The number of alkyl halides is 3. The molecule has 2 atom stereocenters. The molecule has 3 aliphatic rings. The van der Waals surface area contributed by atoms with Crippen LogP contribution in [0.3, 0.4) is 0 Å². The summed E-state index contributed by atoms with van der Waals surface area (Å²) in [5, 5.41) is 3.53. The summed E-state index contributed by atoms with van der Waals surface area (Å²) < 4.78 is 44.6. The Morgan fingerprint density at radius 2 is 1.71 bits per heavy atom. The number of nitrogens with zero attached hydrogens (tertiary/aromatic N) is 1. The van der Waals surface area contributed by atoms with Gasteiger partial charge in [-0.25, -0.2) is 0 Å². The van der Waals surface area contributed by atoms with E-state index < -0.39 is 12.1 Å². The molecule has 1 aliphatic carbocycles. The zero-order valence-corrected chi connectivity index (χ0v) is 14.5. The number of hydrogen-bond acceptors (Lipinski definition) is 3. The maximum atomic E-state index is 13.0. The van der Waals surface area contributed by atoms with Crippen molar-refractivity contribution in [1.29, 1.82) is 0 Å². The third kappa shape index (κ3) is 4.44. The van der Waals surface area contributed by atoms with Gasteiger partial charge in [0.15, 0.2) is 0 Å². The molecule has 0 amide bonds. The molecule has 3 nitrogen and oxygen atoms in total. The average Bonchev–Trinajstić information content (AvgIpc) is 2.61. The second-order valence-electron chi connectivity index (χ2n) is 7.87. The maximum Gasteiger partial charge on any atom is 0.391 e. The van der Waals surface area contributed by atoms with Crippen molar-refractivity contribution in [3.63, 3.8) is 0 Å². The zero-order valence-electron chi connectivity index (χ0n) is 14.5. The highest BCUT2D eigenvalue weighted by molar-refractivity contribution is 4.97. The Labute approximate surface area is 143 Å². The van der Waals surface area contributed by atoms with Crippen molar-refractivity contribution in [1.82, 2.24) is 10.2 Å². The first-order chi connectivity index (χ1) is 11.5. The molecule has 0 aromatic rings.